The van der Waals surface area contributed by atoms with Crippen LogP contribution < -0.4 is 0 Å². The summed E-state index contributed by atoms with van der Waals surface area (Å²) < 4.78 is 26.4. The third kappa shape index (κ3) is 2.71. The summed E-state index contributed by atoms with van der Waals surface area (Å²) >= 11 is 0. The number of aromatic carboxylic acids is 1. The molecule has 0 radical (unpaired) electrons. The molecule has 0 aromatic carbocycles. The second-order valence-corrected chi connectivity index (χ2v) is 5.75. The van der Waals surface area contributed by atoms with E-state index in [0.29, 0.717) is 6.54 Å². The maximum atomic E-state index is 12.0. The van der Waals surface area contributed by atoms with Crippen molar-refractivity contribution in [2.75, 3.05) is 20.2 Å². The minimum absolute atomic E-state index is 0.0396. The molecule has 0 fully saturated rings. The molecule has 0 unspecified atom stereocenters. The molecule has 1 rings (SSSR count). The van der Waals surface area contributed by atoms with E-state index in [2.05, 4.69) is 0 Å². The van der Waals surface area contributed by atoms with Gasteiger partial charge < -0.3 is 14.8 Å². The number of rotatable bonds is 6. The zero-order valence-electron chi connectivity index (χ0n) is 10.2. The highest BCUT2D eigenvalue weighted by Gasteiger charge is 2.24. The van der Waals surface area contributed by atoms with Crippen molar-refractivity contribution in [3.8, 4) is 0 Å². The molecule has 2 N–H and O–H groups in total. The van der Waals surface area contributed by atoms with Crippen LogP contribution in [0.4, 0.5) is 0 Å². The average molecular weight is 276 g/mol. The summed E-state index contributed by atoms with van der Waals surface area (Å²) in [6, 6.07) is 1.12. The molecule has 1 aromatic rings. The van der Waals surface area contributed by atoms with Crippen molar-refractivity contribution in [2.24, 2.45) is 0 Å². The number of nitrogens with zero attached hydrogens (tertiary/aromatic N) is 2. The van der Waals surface area contributed by atoms with Crippen molar-refractivity contribution in [3.63, 3.8) is 0 Å². The molecule has 0 bridgehead atoms. The van der Waals surface area contributed by atoms with Crippen LogP contribution >= 0.6 is 0 Å². The van der Waals surface area contributed by atoms with Gasteiger partial charge in [-0.1, -0.05) is 0 Å². The summed E-state index contributed by atoms with van der Waals surface area (Å²) in [4.78, 5) is 10.9. The molecule has 1 heterocycles. The minimum Gasteiger partial charge on any atom is -0.477 e. The number of aliphatic hydroxyl groups excluding tert-OH is 1. The van der Waals surface area contributed by atoms with Crippen LogP contribution in [-0.4, -0.2) is 53.7 Å². The first-order valence-electron chi connectivity index (χ1n) is 5.35. The second kappa shape index (κ2) is 5.51. The lowest BCUT2D eigenvalue weighted by Gasteiger charge is -2.14. The maximum absolute atomic E-state index is 12.0. The van der Waals surface area contributed by atoms with Gasteiger partial charge in [-0.3, -0.25) is 0 Å². The summed E-state index contributed by atoms with van der Waals surface area (Å²) in [5.41, 5.74) is -0.0755. The Balaban J connectivity index is 3.22. The van der Waals surface area contributed by atoms with Crippen LogP contribution in [0.5, 0.6) is 0 Å². The summed E-state index contributed by atoms with van der Waals surface area (Å²) in [6.45, 7) is 1.75. The van der Waals surface area contributed by atoms with E-state index in [1.807, 2.05) is 0 Å². The second-order valence-electron chi connectivity index (χ2n) is 3.70. The van der Waals surface area contributed by atoms with Crippen molar-refractivity contribution in [1.29, 1.82) is 0 Å². The fourth-order valence-electron chi connectivity index (χ4n) is 1.51. The van der Waals surface area contributed by atoms with Crippen LogP contribution in [0, 0.1) is 0 Å². The number of carboxylic acid groups (broad SMARTS) is 1. The Labute approximate surface area is 105 Å². The molecular weight excluding hydrogens is 260 g/mol. The normalized spacial score (nSPS) is 12.0. The Kier molecular flexibility index (Phi) is 4.49. The lowest BCUT2D eigenvalue weighted by Crippen LogP contribution is -2.29. The standard InChI is InChI=1S/C10H16N2O5S/c1-3-12-7-8(6-9(12)10(14)15)18(16,17)11(2)4-5-13/h6-7,13H,3-5H2,1-2H3,(H,14,15). The molecule has 0 aliphatic carbocycles. The molecule has 7 nitrogen and oxygen atoms in total. The zero-order valence-corrected chi connectivity index (χ0v) is 11.0. The number of aliphatic hydroxyl groups is 1. The topological polar surface area (TPSA) is 99.8 Å². The first-order valence-corrected chi connectivity index (χ1v) is 6.79. The quantitative estimate of drug-likeness (QED) is 0.750. The molecule has 0 amide bonds. The number of aromatic nitrogens is 1. The molecule has 0 saturated carbocycles. The molecule has 102 valence electrons. The van der Waals surface area contributed by atoms with Gasteiger partial charge in [-0.25, -0.2) is 13.2 Å². The van der Waals surface area contributed by atoms with Gasteiger partial charge in [0.25, 0.3) is 0 Å². The summed E-state index contributed by atoms with van der Waals surface area (Å²) in [6.07, 6.45) is 1.28. The smallest absolute Gasteiger partial charge is 0.352 e. The van der Waals surface area contributed by atoms with Gasteiger partial charge >= 0.3 is 5.97 Å². The Morgan fingerprint density at radius 1 is 1.50 bits per heavy atom. The Hall–Kier alpha value is -1.38. The van der Waals surface area contributed by atoms with Gasteiger partial charge in [0.15, 0.2) is 0 Å². The average Bonchev–Trinajstić information content (AvgIpc) is 2.73. The van der Waals surface area contributed by atoms with Crippen LogP contribution in [0.3, 0.4) is 0 Å². The van der Waals surface area contributed by atoms with E-state index in [1.54, 1.807) is 6.92 Å². The van der Waals surface area contributed by atoms with Gasteiger partial charge in [-0.15, -0.1) is 0 Å². The Morgan fingerprint density at radius 3 is 2.50 bits per heavy atom. The molecule has 0 aliphatic heterocycles. The van der Waals surface area contributed by atoms with Crippen molar-refractivity contribution in [2.45, 2.75) is 18.4 Å². The van der Waals surface area contributed by atoms with E-state index >= 15 is 0 Å². The molecule has 0 aliphatic rings. The summed E-state index contributed by atoms with van der Waals surface area (Å²) in [7, 11) is -2.43. The van der Waals surface area contributed by atoms with Gasteiger partial charge in [0.2, 0.25) is 10.0 Å². The van der Waals surface area contributed by atoms with Gasteiger partial charge in [0.1, 0.15) is 10.6 Å². The molecule has 1 aromatic heterocycles. The van der Waals surface area contributed by atoms with Crippen LogP contribution in [0.2, 0.25) is 0 Å². The van der Waals surface area contributed by atoms with Crippen LogP contribution in [0.15, 0.2) is 17.2 Å². The highest BCUT2D eigenvalue weighted by molar-refractivity contribution is 7.89. The van der Waals surface area contributed by atoms with E-state index in [-0.39, 0.29) is 23.7 Å². The number of likely N-dealkylation sites (N-methyl/N-ethyl adjacent to an activating group) is 1. The maximum Gasteiger partial charge on any atom is 0.352 e. The molecule has 0 saturated heterocycles. The summed E-state index contributed by atoms with van der Waals surface area (Å²) in [5, 5.41) is 17.7. The molecule has 0 spiro atoms. The monoisotopic (exact) mass is 276 g/mol. The number of carboxylic acids is 1. The van der Waals surface area contributed by atoms with Crippen LogP contribution in [0.25, 0.3) is 0 Å². The third-order valence-corrected chi connectivity index (χ3v) is 4.38. The van der Waals surface area contributed by atoms with Gasteiger partial charge in [-0.05, 0) is 13.0 Å². The van der Waals surface area contributed by atoms with Crippen LogP contribution in [-0.2, 0) is 16.6 Å². The van der Waals surface area contributed by atoms with E-state index in [4.69, 9.17) is 10.2 Å². The Morgan fingerprint density at radius 2 is 2.11 bits per heavy atom. The third-order valence-electron chi connectivity index (χ3n) is 2.55. The predicted molar refractivity (Wildman–Crippen MR) is 64.0 cm³/mol. The predicted octanol–water partition coefficient (Wildman–Crippen LogP) is -0.181. The highest BCUT2D eigenvalue weighted by atomic mass is 32.2. The number of hydrogen-bond donors (Lipinski definition) is 2. The van der Waals surface area contributed by atoms with E-state index in [1.165, 1.54) is 17.8 Å². The highest BCUT2D eigenvalue weighted by Crippen LogP contribution is 2.18. The minimum atomic E-state index is -3.76. The van der Waals surface area contributed by atoms with Crippen molar-refractivity contribution >= 4 is 16.0 Å². The largest absolute Gasteiger partial charge is 0.477 e. The lowest BCUT2D eigenvalue weighted by molar-refractivity contribution is 0.0685. The fourth-order valence-corrected chi connectivity index (χ4v) is 2.71. The van der Waals surface area contributed by atoms with Crippen molar-refractivity contribution in [3.05, 3.63) is 18.0 Å². The molecular formula is C10H16N2O5S. The number of hydrogen-bond acceptors (Lipinski definition) is 4. The number of carbonyl (C=O) groups is 1. The van der Waals surface area contributed by atoms with Crippen LogP contribution in [0.1, 0.15) is 17.4 Å². The summed E-state index contributed by atoms with van der Waals surface area (Å²) in [5.74, 6) is -1.18. The van der Waals surface area contributed by atoms with E-state index in [0.717, 1.165) is 10.4 Å². The van der Waals surface area contributed by atoms with Gasteiger partial charge in [0, 0.05) is 26.3 Å². The first-order chi connectivity index (χ1) is 8.34. The van der Waals surface area contributed by atoms with E-state index < -0.39 is 16.0 Å². The number of sulfonamides is 1. The zero-order chi connectivity index (χ0) is 13.9. The molecule has 0 atom stereocenters. The SMILES string of the molecule is CCn1cc(S(=O)(=O)N(C)CCO)cc1C(=O)O. The Bertz CT molecular complexity index is 534. The lowest BCUT2D eigenvalue weighted by atomic mass is 10.4. The van der Waals surface area contributed by atoms with Crippen molar-refractivity contribution in [1.82, 2.24) is 8.87 Å². The van der Waals surface area contributed by atoms with Gasteiger partial charge in [-0.2, -0.15) is 4.31 Å². The number of aryl methyl sites for hydroxylation is 1. The van der Waals surface area contributed by atoms with E-state index in [9.17, 15) is 13.2 Å². The van der Waals surface area contributed by atoms with Crippen molar-refractivity contribution < 1.29 is 23.4 Å². The van der Waals surface area contributed by atoms with Gasteiger partial charge in [0.05, 0.1) is 6.61 Å². The first kappa shape index (κ1) is 14.7. The molecule has 18 heavy (non-hydrogen) atoms. The fraction of sp³-hybridized carbons (Fsp3) is 0.500. The molecule has 8 heteroatoms.